The van der Waals surface area contributed by atoms with Gasteiger partial charge >= 0.3 is 5.97 Å². The lowest BCUT2D eigenvalue weighted by molar-refractivity contribution is -0.138. The van der Waals surface area contributed by atoms with Crippen molar-refractivity contribution in [3.05, 3.63) is 30.0 Å². The van der Waals surface area contributed by atoms with E-state index in [1.165, 1.54) is 0 Å². The van der Waals surface area contributed by atoms with Crippen LogP contribution in [0.3, 0.4) is 0 Å². The van der Waals surface area contributed by atoms with Gasteiger partial charge in [0, 0.05) is 23.5 Å². The molecule has 0 aliphatic rings. The van der Waals surface area contributed by atoms with Crippen LogP contribution in [0, 0.1) is 5.92 Å². The number of benzene rings is 1. The van der Waals surface area contributed by atoms with Gasteiger partial charge in [0.15, 0.2) is 0 Å². The number of nitrogens with two attached hydrogens (primary N) is 1. The van der Waals surface area contributed by atoms with Crippen LogP contribution < -0.4 is 5.73 Å². The molecule has 0 fully saturated rings. The number of aliphatic carboxylic acids is 1. The van der Waals surface area contributed by atoms with E-state index < -0.39 is 12.0 Å². The van der Waals surface area contributed by atoms with Crippen LogP contribution in [0.5, 0.6) is 5.75 Å². The Morgan fingerprint density at radius 3 is 2.43 bits per heavy atom. The minimum atomic E-state index is -1.03. The number of carboxylic acid groups (broad SMARTS) is 1. The van der Waals surface area contributed by atoms with E-state index in [0.717, 1.165) is 22.4 Å². The Kier molecular flexibility index (Phi) is 7.52. The highest BCUT2D eigenvalue weighted by Crippen LogP contribution is 2.23. The lowest BCUT2D eigenvalue weighted by Crippen LogP contribution is -2.32. The molecule has 0 saturated carbocycles. The average molecular weight is 294 g/mol. The van der Waals surface area contributed by atoms with Crippen LogP contribution in [0.1, 0.15) is 33.8 Å². The van der Waals surface area contributed by atoms with Gasteiger partial charge in [0.2, 0.25) is 0 Å². The summed E-state index contributed by atoms with van der Waals surface area (Å²) in [6, 6.07) is 3.97. The summed E-state index contributed by atoms with van der Waals surface area (Å²) in [6.45, 7) is 6.50. The molecule has 21 heavy (non-hydrogen) atoms. The highest BCUT2D eigenvalue weighted by molar-refractivity contribution is 5.85. The van der Waals surface area contributed by atoms with Crippen molar-refractivity contribution < 1.29 is 15.0 Å². The van der Waals surface area contributed by atoms with E-state index in [1.807, 2.05) is 0 Å². The topological polar surface area (TPSA) is 99.3 Å². The van der Waals surface area contributed by atoms with Gasteiger partial charge < -0.3 is 20.9 Å². The van der Waals surface area contributed by atoms with Gasteiger partial charge in [-0.05, 0) is 29.7 Å². The summed E-state index contributed by atoms with van der Waals surface area (Å²) >= 11 is 0. The molecule has 5 heteroatoms. The molecule has 0 radical (unpaired) electrons. The number of phenols is 1. The molecule has 0 amide bonds. The Morgan fingerprint density at radius 1 is 1.33 bits per heavy atom. The zero-order valence-electron chi connectivity index (χ0n) is 12.1. The third-order valence-corrected chi connectivity index (χ3v) is 2.51. The van der Waals surface area contributed by atoms with Crippen molar-refractivity contribution in [3.8, 4) is 5.75 Å². The molecule has 0 saturated heterocycles. The third kappa shape index (κ3) is 5.87. The molecule has 1 aromatic carbocycles. The first-order chi connectivity index (χ1) is 9.31. The van der Waals surface area contributed by atoms with E-state index in [-0.39, 0.29) is 19.6 Å². The number of carboxylic acids is 1. The van der Waals surface area contributed by atoms with Gasteiger partial charge in [-0.15, -0.1) is 0 Å². The van der Waals surface area contributed by atoms with E-state index in [9.17, 15) is 9.90 Å². The smallest absolute Gasteiger partial charge is 0.320 e. The largest absolute Gasteiger partial charge is 0.508 e. The second-order valence-corrected chi connectivity index (χ2v) is 5.42. The number of aromatic amines is 1. The second-order valence-electron chi connectivity index (χ2n) is 5.42. The Hall–Kier alpha value is -2.01. The van der Waals surface area contributed by atoms with Crippen molar-refractivity contribution in [3.63, 3.8) is 0 Å². The van der Waals surface area contributed by atoms with Gasteiger partial charge in [-0.2, -0.15) is 0 Å². The number of hydrogen-bond acceptors (Lipinski definition) is 3. The summed E-state index contributed by atoms with van der Waals surface area (Å²) in [6.07, 6.45) is 1.95. The van der Waals surface area contributed by atoms with E-state index in [1.54, 1.807) is 24.4 Å². The summed E-state index contributed by atoms with van der Waals surface area (Å²) in [7, 11) is 0. The first kappa shape index (κ1) is 19.0. The van der Waals surface area contributed by atoms with Gasteiger partial charge in [0.1, 0.15) is 11.8 Å². The van der Waals surface area contributed by atoms with Gasteiger partial charge in [-0.3, -0.25) is 4.79 Å². The maximum atomic E-state index is 10.6. The van der Waals surface area contributed by atoms with E-state index >= 15 is 0 Å². The SMILES string of the molecule is C.CC(C)C.NC(Cc1c[nH]c2ccc(O)cc12)C(=O)O. The van der Waals surface area contributed by atoms with Gasteiger partial charge in [-0.1, -0.05) is 28.2 Å². The Morgan fingerprint density at radius 2 is 1.90 bits per heavy atom. The fourth-order valence-electron chi connectivity index (χ4n) is 1.66. The normalized spacial score (nSPS) is 11.5. The van der Waals surface area contributed by atoms with Crippen molar-refractivity contribution in [1.29, 1.82) is 0 Å². The third-order valence-electron chi connectivity index (χ3n) is 2.51. The van der Waals surface area contributed by atoms with E-state index in [0.29, 0.717) is 0 Å². The maximum absolute atomic E-state index is 10.6. The van der Waals surface area contributed by atoms with Crippen LogP contribution in [0.15, 0.2) is 24.4 Å². The predicted molar refractivity (Wildman–Crippen MR) is 86.5 cm³/mol. The second kappa shape index (κ2) is 8.32. The van der Waals surface area contributed by atoms with E-state index in [2.05, 4.69) is 25.8 Å². The summed E-state index contributed by atoms with van der Waals surface area (Å²) in [5.74, 6) is -0.0493. The van der Waals surface area contributed by atoms with Crippen LogP contribution in [0.25, 0.3) is 10.9 Å². The van der Waals surface area contributed by atoms with Crippen molar-refractivity contribution in [2.75, 3.05) is 0 Å². The average Bonchev–Trinajstić information content (AvgIpc) is 2.71. The number of fused-ring (bicyclic) bond motifs is 1. The number of nitrogens with one attached hydrogen (secondary N) is 1. The first-order valence-corrected chi connectivity index (χ1v) is 6.58. The lowest BCUT2D eigenvalue weighted by Gasteiger charge is -2.04. The molecule has 0 aliphatic heterocycles. The maximum Gasteiger partial charge on any atom is 0.320 e. The summed E-state index contributed by atoms with van der Waals surface area (Å²) < 4.78 is 0. The molecule has 0 aliphatic carbocycles. The number of carbonyl (C=O) groups is 1. The van der Waals surface area contributed by atoms with Gasteiger partial charge in [0.05, 0.1) is 0 Å². The number of aromatic hydroxyl groups is 1. The molecule has 5 nitrogen and oxygen atoms in total. The monoisotopic (exact) mass is 294 g/mol. The number of hydrogen-bond donors (Lipinski definition) is 4. The van der Waals surface area contributed by atoms with Gasteiger partial charge in [0.25, 0.3) is 0 Å². The number of aromatic nitrogens is 1. The van der Waals surface area contributed by atoms with Crippen LogP contribution >= 0.6 is 0 Å². The quantitative estimate of drug-likeness (QED) is 0.698. The molecule has 1 atom stereocenters. The lowest BCUT2D eigenvalue weighted by atomic mass is 10.1. The molecular formula is C16H26N2O3. The van der Waals surface area contributed by atoms with Crippen molar-refractivity contribution in [2.45, 2.75) is 40.7 Å². The first-order valence-electron chi connectivity index (χ1n) is 6.58. The Balaban J connectivity index is 0.000000715. The minimum absolute atomic E-state index is 0. The van der Waals surface area contributed by atoms with Crippen molar-refractivity contribution in [2.24, 2.45) is 11.7 Å². The fraction of sp³-hybridized carbons (Fsp3) is 0.438. The molecule has 1 aromatic heterocycles. The zero-order valence-corrected chi connectivity index (χ0v) is 12.1. The molecule has 118 valence electrons. The minimum Gasteiger partial charge on any atom is -0.508 e. The van der Waals surface area contributed by atoms with Gasteiger partial charge in [-0.25, -0.2) is 0 Å². The molecule has 2 rings (SSSR count). The highest BCUT2D eigenvalue weighted by atomic mass is 16.4. The van der Waals surface area contributed by atoms with Crippen LogP contribution in [0.4, 0.5) is 0 Å². The number of phenolic OH excluding ortho intramolecular Hbond substituents is 1. The summed E-state index contributed by atoms with van der Waals surface area (Å²) in [4.78, 5) is 13.6. The fourth-order valence-corrected chi connectivity index (χ4v) is 1.66. The summed E-state index contributed by atoms with van der Waals surface area (Å²) in [5.41, 5.74) is 7.11. The Labute approximate surface area is 125 Å². The van der Waals surface area contributed by atoms with Crippen LogP contribution in [-0.4, -0.2) is 27.2 Å². The van der Waals surface area contributed by atoms with Crippen LogP contribution in [-0.2, 0) is 11.2 Å². The molecule has 2 aromatic rings. The van der Waals surface area contributed by atoms with Crippen molar-refractivity contribution >= 4 is 16.9 Å². The number of H-pyrrole nitrogens is 1. The molecule has 0 bridgehead atoms. The molecular weight excluding hydrogens is 268 g/mol. The number of rotatable bonds is 3. The molecule has 5 N–H and O–H groups in total. The summed E-state index contributed by atoms with van der Waals surface area (Å²) in [5, 5.41) is 18.9. The highest BCUT2D eigenvalue weighted by Gasteiger charge is 2.14. The van der Waals surface area contributed by atoms with Crippen LogP contribution in [0.2, 0.25) is 0 Å². The zero-order chi connectivity index (χ0) is 15.3. The molecule has 1 unspecified atom stereocenters. The Bertz CT molecular complexity index is 573. The van der Waals surface area contributed by atoms with Crippen molar-refractivity contribution in [1.82, 2.24) is 4.98 Å². The molecule has 0 spiro atoms. The van der Waals surface area contributed by atoms with E-state index in [4.69, 9.17) is 10.8 Å². The molecule has 1 heterocycles. The predicted octanol–water partition coefficient (Wildman–Crippen LogP) is 3.13. The standard InChI is InChI=1S/C11H12N2O3.C4H10.CH4/c12-9(11(15)16)3-6-5-13-10-2-1-7(14)4-8(6)10;1-4(2)3;/h1-2,4-5,9,13-14H,3,12H2,(H,15,16);4H,1-3H3;1H4.